The Hall–Kier alpha value is -0.560. The molecule has 30 heavy (non-hydrogen) atoms. The Kier molecular flexibility index (Phi) is 7.21. The van der Waals surface area contributed by atoms with Crippen LogP contribution >= 0.6 is 0 Å². The summed E-state index contributed by atoms with van der Waals surface area (Å²) in [5.74, 6) is 0. The molecule has 0 amide bonds. The first kappa shape index (κ1) is 25.7. The van der Waals surface area contributed by atoms with Crippen molar-refractivity contribution in [2.45, 2.75) is 111 Å². The number of rotatable bonds is 2. The van der Waals surface area contributed by atoms with Gasteiger partial charge in [-0.3, -0.25) is 0 Å². The summed E-state index contributed by atoms with van der Waals surface area (Å²) in [7, 11) is 0. The summed E-state index contributed by atoms with van der Waals surface area (Å²) in [5.41, 5.74) is 9.10. The zero-order valence-electron chi connectivity index (χ0n) is 22.0. The third kappa shape index (κ3) is 6.24. The topological polar surface area (TPSA) is 0 Å². The summed E-state index contributed by atoms with van der Waals surface area (Å²) < 4.78 is 1.57. The van der Waals surface area contributed by atoms with Gasteiger partial charge in [0.25, 0.3) is 0 Å². The van der Waals surface area contributed by atoms with E-state index < -0.39 is 0 Å². The van der Waals surface area contributed by atoms with Crippen molar-refractivity contribution in [3.63, 3.8) is 0 Å². The second-order valence-corrected chi connectivity index (χ2v) is 14.3. The molecular formula is C29H42Na. The first-order chi connectivity index (χ1) is 13.3. The summed E-state index contributed by atoms with van der Waals surface area (Å²) in [4.78, 5) is 0. The van der Waals surface area contributed by atoms with Crippen LogP contribution in [0.25, 0.3) is 0 Å². The zero-order chi connectivity index (χ0) is 23.3. The Morgan fingerprint density at radius 1 is 0.633 bits per heavy atom. The minimum absolute atomic E-state index is 0.101. The van der Waals surface area contributed by atoms with Crippen LogP contribution in [0.2, 0.25) is 0 Å². The molecule has 0 saturated heterocycles. The second kappa shape index (κ2) is 8.42. The molecule has 0 bridgehead atoms. The molecule has 0 aliphatic rings. The number of benzene rings is 2. The van der Waals surface area contributed by atoms with Crippen molar-refractivity contribution in [2.24, 2.45) is 0 Å². The van der Waals surface area contributed by atoms with Crippen LogP contribution in [0.4, 0.5) is 0 Å². The van der Waals surface area contributed by atoms with Gasteiger partial charge in [-0.1, -0.05) is 0 Å². The van der Waals surface area contributed by atoms with Gasteiger partial charge in [0.2, 0.25) is 0 Å². The summed E-state index contributed by atoms with van der Waals surface area (Å²) in [6, 6.07) is 13.5. The first-order valence-electron chi connectivity index (χ1n) is 11.5. The van der Waals surface area contributed by atoms with Crippen LogP contribution in [0.1, 0.15) is 116 Å². The molecular weight excluding hydrogens is 371 g/mol. The molecule has 1 heteroatoms. The average Bonchev–Trinajstić information content (AvgIpc) is 2.52. The van der Waals surface area contributed by atoms with E-state index in [4.69, 9.17) is 0 Å². The maximum absolute atomic E-state index is 3.80. The Morgan fingerprint density at radius 2 is 1.13 bits per heavy atom. The molecule has 2 aromatic carbocycles. The van der Waals surface area contributed by atoms with Crippen LogP contribution in [0, 0.1) is 6.07 Å². The van der Waals surface area contributed by atoms with Gasteiger partial charge in [-0.25, -0.2) is 0 Å². The molecule has 1 radical (unpaired) electrons. The van der Waals surface area contributed by atoms with Crippen LogP contribution in [-0.4, -0.2) is 27.9 Å². The molecule has 0 unspecified atom stereocenters. The molecule has 0 fully saturated rings. The Morgan fingerprint density at radius 3 is 1.57 bits per heavy atom. The Labute approximate surface area is 204 Å². The predicted octanol–water partition coefficient (Wildman–Crippen LogP) is 7.06. The van der Waals surface area contributed by atoms with Crippen molar-refractivity contribution in [3.8, 4) is 0 Å². The predicted molar refractivity (Wildman–Crippen MR) is 135 cm³/mol. The third-order valence-corrected chi connectivity index (χ3v) is 7.35. The summed E-state index contributed by atoms with van der Waals surface area (Å²) >= 11 is 1.07. The maximum atomic E-state index is 3.80. The van der Waals surface area contributed by atoms with Crippen molar-refractivity contribution < 1.29 is 0 Å². The van der Waals surface area contributed by atoms with E-state index in [0.717, 1.165) is 34.4 Å². The van der Waals surface area contributed by atoms with E-state index in [9.17, 15) is 0 Å². The monoisotopic (exact) mass is 413 g/mol. The summed E-state index contributed by atoms with van der Waals surface area (Å²) in [6.45, 7) is 27.9. The second-order valence-electron chi connectivity index (χ2n) is 13.3. The van der Waals surface area contributed by atoms with Crippen LogP contribution in [-0.2, 0) is 28.1 Å². The summed E-state index contributed by atoms with van der Waals surface area (Å²) in [5, 5.41) is 0. The molecule has 0 spiro atoms. The molecule has 0 aromatic heterocycles. The van der Waals surface area contributed by atoms with Crippen molar-refractivity contribution in [2.75, 3.05) is 0 Å². The SMILES string of the molecule is CC(C)(C)c1[c]c(Cc2cc(C(C)(C)C)cc(C(C)(C)C)[c]2[Na])cc(C(C)(C)C)c1. The molecule has 0 saturated carbocycles. The van der Waals surface area contributed by atoms with Crippen molar-refractivity contribution in [1.29, 1.82) is 0 Å². The van der Waals surface area contributed by atoms with E-state index in [2.05, 4.69) is 113 Å². The van der Waals surface area contributed by atoms with Crippen molar-refractivity contribution in [3.05, 3.63) is 63.7 Å². The molecule has 0 heterocycles. The van der Waals surface area contributed by atoms with Gasteiger partial charge in [-0.2, -0.15) is 0 Å². The molecule has 2 aromatic rings. The van der Waals surface area contributed by atoms with E-state index >= 15 is 0 Å². The van der Waals surface area contributed by atoms with Crippen LogP contribution in [0.5, 0.6) is 0 Å². The van der Waals surface area contributed by atoms with E-state index in [1.54, 1.807) is 2.81 Å². The molecule has 2 rings (SSSR count). The van der Waals surface area contributed by atoms with Gasteiger partial charge in [0.05, 0.1) is 0 Å². The fourth-order valence-electron chi connectivity index (χ4n) is 3.94. The Balaban J connectivity index is 2.70. The van der Waals surface area contributed by atoms with Crippen molar-refractivity contribution >= 4 is 30.7 Å². The molecule has 0 N–H and O–H groups in total. The molecule has 0 aliphatic heterocycles. The number of hydrogen-bond acceptors (Lipinski definition) is 0. The number of hydrogen-bond donors (Lipinski definition) is 0. The molecule has 0 nitrogen and oxygen atoms in total. The van der Waals surface area contributed by atoms with E-state index in [1.165, 1.54) is 33.4 Å². The van der Waals surface area contributed by atoms with Gasteiger partial charge >= 0.3 is 206 Å². The van der Waals surface area contributed by atoms with Crippen LogP contribution in [0.15, 0.2) is 24.3 Å². The van der Waals surface area contributed by atoms with Gasteiger partial charge in [-0.15, -0.1) is 0 Å². The van der Waals surface area contributed by atoms with Gasteiger partial charge in [0.15, 0.2) is 0 Å². The fraction of sp³-hybridized carbons (Fsp3) is 0.586. The van der Waals surface area contributed by atoms with Gasteiger partial charge in [-0.05, 0) is 0 Å². The van der Waals surface area contributed by atoms with Crippen LogP contribution < -0.4 is 2.81 Å². The molecule has 0 aliphatic carbocycles. The van der Waals surface area contributed by atoms with E-state index in [0.29, 0.717) is 0 Å². The van der Waals surface area contributed by atoms with E-state index in [1.807, 2.05) is 0 Å². The minimum atomic E-state index is 0.101. The van der Waals surface area contributed by atoms with Gasteiger partial charge < -0.3 is 0 Å². The third-order valence-electron chi connectivity index (χ3n) is 6.17. The normalized spacial score (nSPS) is 13.7. The van der Waals surface area contributed by atoms with Gasteiger partial charge in [0, 0.05) is 0 Å². The van der Waals surface area contributed by atoms with Gasteiger partial charge in [0.1, 0.15) is 0 Å². The zero-order valence-corrected chi connectivity index (χ0v) is 24.0. The Bertz CT molecular complexity index is 871. The molecule has 159 valence electrons. The average molecular weight is 414 g/mol. The first-order valence-corrected chi connectivity index (χ1v) is 12.5. The standard InChI is InChI=1S/C29H42.Na/c1-26(2,3)22-14-20(15-23(18-22)27(4,5)6)13-21-16-24(28(7,8)9)19-25(17-21)29(10,11)12;/h14,16,18-19H,13H2,1-12H3;. The summed E-state index contributed by atoms with van der Waals surface area (Å²) in [6.07, 6.45) is 0.971. The van der Waals surface area contributed by atoms with E-state index in [-0.39, 0.29) is 21.7 Å². The molecule has 0 atom stereocenters. The quantitative estimate of drug-likeness (QED) is 0.462. The van der Waals surface area contributed by atoms with Crippen LogP contribution in [0.3, 0.4) is 0 Å². The fourth-order valence-corrected chi connectivity index (χ4v) is 5.15. The van der Waals surface area contributed by atoms with Crippen molar-refractivity contribution in [1.82, 2.24) is 0 Å².